The second-order valence-corrected chi connectivity index (χ2v) is 2.43. The molecule has 1 aliphatic rings. The molecule has 8 heavy (non-hydrogen) atoms. The number of hydrogen-bond donors (Lipinski definition) is 3. The summed E-state index contributed by atoms with van der Waals surface area (Å²) in [5.41, 5.74) is 0. The van der Waals surface area contributed by atoms with Gasteiger partial charge in [-0.15, -0.1) is 0 Å². The molecule has 3 heteroatoms. The minimum atomic E-state index is 0.590. The maximum Gasteiger partial charge on any atom is 0.0294 e. The third kappa shape index (κ3) is 1.65. The van der Waals surface area contributed by atoms with E-state index >= 15 is 0 Å². The fraction of sp³-hybridized carbons (Fsp3) is 1.00. The van der Waals surface area contributed by atoms with Gasteiger partial charge in [0.2, 0.25) is 0 Å². The molecule has 1 atom stereocenters. The molecule has 2 nitrogen and oxygen atoms in total. The summed E-state index contributed by atoms with van der Waals surface area (Å²) < 4.78 is 2.94. The van der Waals surface area contributed by atoms with Gasteiger partial charge in [-0.05, 0) is 19.4 Å². The molecule has 1 unspecified atom stereocenters. The van der Waals surface area contributed by atoms with Crippen molar-refractivity contribution in [1.29, 1.82) is 0 Å². The lowest BCUT2D eigenvalue weighted by molar-refractivity contribution is 0.442. The first-order valence-corrected chi connectivity index (χ1v) is 3.48. The second-order valence-electron chi connectivity index (χ2n) is 2.17. The summed E-state index contributed by atoms with van der Waals surface area (Å²) in [6, 6.07) is 0.590. The van der Waals surface area contributed by atoms with Gasteiger partial charge in [0.15, 0.2) is 0 Å². The van der Waals surface area contributed by atoms with Crippen molar-refractivity contribution in [1.82, 2.24) is 10.0 Å². The van der Waals surface area contributed by atoms with Gasteiger partial charge in [0.25, 0.3) is 0 Å². The molecule has 48 valence electrons. The fourth-order valence-corrected chi connectivity index (χ4v) is 1.18. The highest BCUT2D eigenvalue weighted by atomic mass is 32.1. The first kappa shape index (κ1) is 6.39. The average Bonchev–Trinajstić information content (AvgIpc) is 1.90. The van der Waals surface area contributed by atoms with Crippen molar-refractivity contribution in [3.8, 4) is 0 Å². The highest BCUT2D eigenvalue weighted by Gasteiger charge is 2.08. The quantitative estimate of drug-likeness (QED) is 0.443. The molecule has 0 aromatic rings. The van der Waals surface area contributed by atoms with Gasteiger partial charge in [-0.3, -0.25) is 4.72 Å². The molecular weight excluding hydrogens is 120 g/mol. The molecule has 1 saturated heterocycles. The van der Waals surface area contributed by atoms with Crippen molar-refractivity contribution in [2.75, 3.05) is 13.1 Å². The van der Waals surface area contributed by atoms with Gasteiger partial charge < -0.3 is 5.32 Å². The Labute approximate surface area is 55.6 Å². The number of rotatable bonds is 1. The molecule has 0 radical (unpaired) electrons. The minimum absolute atomic E-state index is 0.590. The van der Waals surface area contributed by atoms with Crippen molar-refractivity contribution in [2.45, 2.75) is 18.9 Å². The number of hydrogen-bond acceptors (Lipinski definition) is 3. The van der Waals surface area contributed by atoms with Crippen LogP contribution in [0.4, 0.5) is 0 Å². The van der Waals surface area contributed by atoms with E-state index in [9.17, 15) is 0 Å². The van der Waals surface area contributed by atoms with E-state index in [0.717, 1.165) is 6.54 Å². The molecule has 1 fully saturated rings. The van der Waals surface area contributed by atoms with E-state index < -0.39 is 0 Å². The summed E-state index contributed by atoms with van der Waals surface area (Å²) in [4.78, 5) is 0. The Morgan fingerprint density at radius 3 is 2.88 bits per heavy atom. The first-order valence-electron chi connectivity index (χ1n) is 3.04. The molecule has 0 aromatic heterocycles. The van der Waals surface area contributed by atoms with Gasteiger partial charge in [0.1, 0.15) is 0 Å². The van der Waals surface area contributed by atoms with Crippen LogP contribution in [0, 0.1) is 0 Å². The fourth-order valence-electron chi connectivity index (χ4n) is 0.962. The van der Waals surface area contributed by atoms with Crippen LogP contribution in [0.3, 0.4) is 0 Å². The second kappa shape index (κ2) is 3.33. The summed E-state index contributed by atoms with van der Waals surface area (Å²) in [6.07, 6.45) is 2.54. The Morgan fingerprint density at radius 2 is 2.50 bits per heavy atom. The zero-order valence-electron chi connectivity index (χ0n) is 4.85. The number of piperidine rings is 1. The monoisotopic (exact) mass is 132 g/mol. The molecule has 0 aliphatic carbocycles. The summed E-state index contributed by atoms with van der Waals surface area (Å²) >= 11 is 3.97. The maximum absolute atomic E-state index is 3.97. The average molecular weight is 132 g/mol. The van der Waals surface area contributed by atoms with Crippen LogP contribution in [0.5, 0.6) is 0 Å². The largest absolute Gasteiger partial charge is 0.315 e. The third-order valence-corrected chi connectivity index (χ3v) is 1.84. The Morgan fingerprint density at radius 1 is 1.62 bits per heavy atom. The van der Waals surface area contributed by atoms with Crippen LogP contribution in [-0.2, 0) is 0 Å². The van der Waals surface area contributed by atoms with Crippen molar-refractivity contribution in [2.24, 2.45) is 0 Å². The summed E-state index contributed by atoms with van der Waals surface area (Å²) in [6.45, 7) is 2.25. The van der Waals surface area contributed by atoms with Crippen LogP contribution in [0.2, 0.25) is 0 Å². The predicted molar refractivity (Wildman–Crippen MR) is 38.0 cm³/mol. The minimum Gasteiger partial charge on any atom is -0.315 e. The van der Waals surface area contributed by atoms with E-state index in [1.54, 1.807) is 0 Å². The van der Waals surface area contributed by atoms with Gasteiger partial charge >= 0.3 is 0 Å². The highest BCUT2D eigenvalue weighted by Crippen LogP contribution is 2.00. The smallest absolute Gasteiger partial charge is 0.0294 e. The van der Waals surface area contributed by atoms with E-state index in [1.165, 1.54) is 19.4 Å². The molecule has 0 spiro atoms. The molecule has 1 aliphatic heterocycles. The summed E-state index contributed by atoms with van der Waals surface area (Å²) in [5.74, 6) is 0. The van der Waals surface area contributed by atoms with E-state index in [4.69, 9.17) is 0 Å². The Hall–Kier alpha value is 0.270. The van der Waals surface area contributed by atoms with Crippen LogP contribution in [0.25, 0.3) is 0 Å². The van der Waals surface area contributed by atoms with Gasteiger partial charge in [-0.2, -0.15) is 0 Å². The predicted octanol–water partition coefficient (Wildman–Crippen LogP) is 0.173. The van der Waals surface area contributed by atoms with Gasteiger partial charge in [0, 0.05) is 12.6 Å². The lowest BCUT2D eigenvalue weighted by atomic mass is 10.1. The molecule has 2 N–H and O–H groups in total. The SMILES string of the molecule is SNC1CCCNC1. The van der Waals surface area contributed by atoms with Crippen LogP contribution in [0.15, 0.2) is 0 Å². The normalized spacial score (nSPS) is 30.4. The summed E-state index contributed by atoms with van der Waals surface area (Å²) in [7, 11) is 0. The highest BCUT2D eigenvalue weighted by molar-refractivity contribution is 7.78. The van der Waals surface area contributed by atoms with Crippen molar-refractivity contribution in [3.63, 3.8) is 0 Å². The topological polar surface area (TPSA) is 24.1 Å². The molecular formula is C5H12N2S. The summed E-state index contributed by atoms with van der Waals surface area (Å²) in [5, 5.41) is 3.27. The standard InChI is InChI=1S/C5H12N2S/c8-7-5-2-1-3-6-4-5/h5-8H,1-4H2. The lowest BCUT2D eigenvalue weighted by Gasteiger charge is -2.20. The van der Waals surface area contributed by atoms with E-state index in [0.29, 0.717) is 6.04 Å². The van der Waals surface area contributed by atoms with Crippen LogP contribution in [-0.4, -0.2) is 19.1 Å². The molecule has 0 saturated carbocycles. The molecule has 1 rings (SSSR count). The first-order chi connectivity index (χ1) is 3.93. The molecule has 0 bridgehead atoms. The van der Waals surface area contributed by atoms with Crippen molar-refractivity contribution >= 4 is 12.8 Å². The number of nitrogens with one attached hydrogen (secondary N) is 2. The van der Waals surface area contributed by atoms with E-state index in [2.05, 4.69) is 22.9 Å². The van der Waals surface area contributed by atoms with Gasteiger partial charge in [-0.1, -0.05) is 12.8 Å². The Balaban J connectivity index is 2.13. The van der Waals surface area contributed by atoms with Crippen molar-refractivity contribution < 1.29 is 0 Å². The maximum atomic E-state index is 3.97. The Bertz CT molecular complexity index is 61.4. The van der Waals surface area contributed by atoms with Crippen LogP contribution >= 0.6 is 12.8 Å². The van der Waals surface area contributed by atoms with Crippen LogP contribution in [0.1, 0.15) is 12.8 Å². The lowest BCUT2D eigenvalue weighted by Crippen LogP contribution is -2.39. The van der Waals surface area contributed by atoms with Gasteiger partial charge in [-0.25, -0.2) is 0 Å². The van der Waals surface area contributed by atoms with E-state index in [-0.39, 0.29) is 0 Å². The Kier molecular flexibility index (Phi) is 2.66. The zero-order chi connectivity index (χ0) is 5.82. The zero-order valence-corrected chi connectivity index (χ0v) is 5.75. The molecule has 0 amide bonds. The number of thiol groups is 1. The molecule has 0 aromatic carbocycles. The molecule has 1 heterocycles. The van der Waals surface area contributed by atoms with Gasteiger partial charge in [0.05, 0.1) is 0 Å². The van der Waals surface area contributed by atoms with E-state index in [1.807, 2.05) is 0 Å². The van der Waals surface area contributed by atoms with Crippen molar-refractivity contribution in [3.05, 3.63) is 0 Å². The van der Waals surface area contributed by atoms with Crippen LogP contribution < -0.4 is 10.0 Å². The third-order valence-electron chi connectivity index (χ3n) is 1.48.